The van der Waals surface area contributed by atoms with Gasteiger partial charge in [0.05, 0.1) is 22.8 Å². The van der Waals surface area contributed by atoms with Gasteiger partial charge in [-0.25, -0.2) is 0 Å². The summed E-state index contributed by atoms with van der Waals surface area (Å²) in [6.07, 6.45) is 4.56. The van der Waals surface area contributed by atoms with Crippen molar-refractivity contribution >= 4 is 28.5 Å². The lowest BCUT2D eigenvalue weighted by Gasteiger charge is -2.22. The van der Waals surface area contributed by atoms with Crippen LogP contribution in [-0.4, -0.2) is 27.2 Å². The number of amides is 1. The number of hydrogen-bond acceptors (Lipinski definition) is 3. The van der Waals surface area contributed by atoms with Crippen molar-refractivity contribution in [3.63, 3.8) is 0 Å². The monoisotopic (exact) mass is 287 g/mol. The number of carboxylic acid groups (broad SMARTS) is 1. The first-order valence-corrected chi connectivity index (χ1v) is 7.06. The van der Waals surface area contributed by atoms with Crippen molar-refractivity contribution in [3.05, 3.63) is 24.4 Å². The Morgan fingerprint density at radius 2 is 2.10 bits per heavy atom. The molecule has 1 saturated carbocycles. The molecule has 2 aromatic rings. The van der Waals surface area contributed by atoms with Crippen LogP contribution in [0.5, 0.6) is 0 Å². The van der Waals surface area contributed by atoms with Gasteiger partial charge in [0.2, 0.25) is 5.91 Å². The van der Waals surface area contributed by atoms with E-state index in [1.165, 1.54) is 0 Å². The van der Waals surface area contributed by atoms with E-state index in [9.17, 15) is 14.7 Å². The highest BCUT2D eigenvalue weighted by atomic mass is 16.4. The topological polar surface area (TPSA) is 95.1 Å². The number of aromatic nitrogens is 2. The SMILES string of the molecule is O=C(CC1(C(=O)O)CCCC1)Nc1cccc2[nH]ncc12. The molecule has 1 aliphatic rings. The van der Waals surface area contributed by atoms with E-state index in [2.05, 4.69) is 15.5 Å². The average molecular weight is 287 g/mol. The lowest BCUT2D eigenvalue weighted by Crippen LogP contribution is -2.32. The summed E-state index contributed by atoms with van der Waals surface area (Å²) in [6, 6.07) is 5.48. The fourth-order valence-corrected chi connectivity index (χ4v) is 3.10. The fraction of sp³-hybridized carbons (Fsp3) is 0.400. The van der Waals surface area contributed by atoms with E-state index < -0.39 is 11.4 Å². The van der Waals surface area contributed by atoms with Crippen LogP contribution in [-0.2, 0) is 9.59 Å². The minimum Gasteiger partial charge on any atom is -0.481 e. The zero-order valence-electron chi connectivity index (χ0n) is 11.6. The molecular formula is C15H17N3O3. The molecule has 0 bridgehead atoms. The number of nitrogens with one attached hydrogen (secondary N) is 2. The van der Waals surface area contributed by atoms with Gasteiger partial charge in [-0.3, -0.25) is 14.7 Å². The largest absolute Gasteiger partial charge is 0.481 e. The molecule has 0 spiro atoms. The number of anilines is 1. The molecule has 1 aromatic carbocycles. The van der Waals surface area contributed by atoms with Gasteiger partial charge in [-0.05, 0) is 25.0 Å². The third kappa shape index (κ3) is 2.49. The molecule has 0 aliphatic heterocycles. The van der Waals surface area contributed by atoms with Gasteiger partial charge in [0.1, 0.15) is 0 Å². The second kappa shape index (κ2) is 5.20. The van der Waals surface area contributed by atoms with Crippen LogP contribution in [0.25, 0.3) is 10.9 Å². The molecule has 1 aliphatic carbocycles. The smallest absolute Gasteiger partial charge is 0.310 e. The van der Waals surface area contributed by atoms with Crippen LogP contribution in [0, 0.1) is 5.41 Å². The maximum Gasteiger partial charge on any atom is 0.310 e. The molecule has 6 heteroatoms. The van der Waals surface area contributed by atoms with E-state index in [0.717, 1.165) is 23.7 Å². The number of carboxylic acids is 1. The van der Waals surface area contributed by atoms with Gasteiger partial charge in [0.15, 0.2) is 0 Å². The maximum absolute atomic E-state index is 12.2. The zero-order chi connectivity index (χ0) is 14.9. The molecule has 3 rings (SSSR count). The maximum atomic E-state index is 12.2. The Morgan fingerprint density at radius 3 is 2.81 bits per heavy atom. The average Bonchev–Trinajstić information content (AvgIpc) is 3.08. The number of carbonyl (C=O) groups is 2. The summed E-state index contributed by atoms with van der Waals surface area (Å²) in [5, 5.41) is 19.8. The number of carbonyl (C=O) groups excluding carboxylic acids is 1. The summed E-state index contributed by atoms with van der Waals surface area (Å²) < 4.78 is 0. The Hall–Kier alpha value is -2.37. The van der Waals surface area contributed by atoms with Gasteiger partial charge in [-0.2, -0.15) is 5.10 Å². The Morgan fingerprint density at radius 1 is 1.33 bits per heavy atom. The summed E-state index contributed by atoms with van der Waals surface area (Å²) >= 11 is 0. The van der Waals surface area contributed by atoms with Gasteiger partial charge in [-0.1, -0.05) is 18.9 Å². The summed E-state index contributed by atoms with van der Waals surface area (Å²) in [5.41, 5.74) is 0.598. The third-order valence-electron chi connectivity index (χ3n) is 4.27. The Kier molecular flexibility index (Phi) is 3.37. The number of fused-ring (bicyclic) bond motifs is 1. The van der Waals surface area contributed by atoms with Crippen molar-refractivity contribution in [2.24, 2.45) is 5.41 Å². The molecule has 1 aromatic heterocycles. The second-order valence-electron chi connectivity index (χ2n) is 5.65. The van der Waals surface area contributed by atoms with Crippen LogP contribution < -0.4 is 5.32 Å². The molecule has 6 nitrogen and oxygen atoms in total. The van der Waals surface area contributed by atoms with E-state index in [0.29, 0.717) is 18.5 Å². The van der Waals surface area contributed by atoms with E-state index in [1.807, 2.05) is 12.1 Å². The predicted molar refractivity (Wildman–Crippen MR) is 77.9 cm³/mol. The summed E-state index contributed by atoms with van der Waals surface area (Å²) in [7, 11) is 0. The van der Waals surface area contributed by atoms with Crippen LogP contribution >= 0.6 is 0 Å². The van der Waals surface area contributed by atoms with Gasteiger partial charge >= 0.3 is 5.97 Å². The third-order valence-corrected chi connectivity index (χ3v) is 4.27. The molecule has 1 amide bonds. The standard InChI is InChI=1S/C15H17N3O3/c19-13(8-15(14(20)21)6-1-2-7-15)17-11-4-3-5-12-10(11)9-16-18-12/h3-5,9H,1-2,6-8H2,(H,16,18)(H,17,19)(H,20,21). The molecule has 3 N–H and O–H groups in total. The second-order valence-corrected chi connectivity index (χ2v) is 5.65. The van der Waals surface area contributed by atoms with Gasteiger partial charge < -0.3 is 10.4 Å². The Bertz CT molecular complexity index is 686. The highest BCUT2D eigenvalue weighted by Crippen LogP contribution is 2.41. The minimum absolute atomic E-state index is 0.0244. The summed E-state index contributed by atoms with van der Waals surface area (Å²) in [5.74, 6) is -1.12. The molecule has 0 unspecified atom stereocenters. The molecule has 1 fully saturated rings. The Balaban J connectivity index is 1.77. The molecular weight excluding hydrogens is 270 g/mol. The van der Waals surface area contributed by atoms with Crippen molar-refractivity contribution in [2.75, 3.05) is 5.32 Å². The molecule has 0 saturated heterocycles. The van der Waals surface area contributed by atoms with Gasteiger partial charge in [0.25, 0.3) is 0 Å². The number of rotatable bonds is 4. The van der Waals surface area contributed by atoms with Crippen LogP contribution in [0.3, 0.4) is 0 Å². The summed E-state index contributed by atoms with van der Waals surface area (Å²) in [4.78, 5) is 23.7. The van der Waals surface area contributed by atoms with Gasteiger partial charge in [-0.15, -0.1) is 0 Å². The quantitative estimate of drug-likeness (QED) is 0.805. The van der Waals surface area contributed by atoms with Crippen molar-refractivity contribution in [1.82, 2.24) is 10.2 Å². The van der Waals surface area contributed by atoms with Crippen LogP contribution in [0.4, 0.5) is 5.69 Å². The molecule has 21 heavy (non-hydrogen) atoms. The van der Waals surface area contributed by atoms with E-state index in [1.54, 1.807) is 12.3 Å². The first-order valence-electron chi connectivity index (χ1n) is 7.06. The number of aromatic amines is 1. The normalized spacial score (nSPS) is 17.0. The lowest BCUT2D eigenvalue weighted by atomic mass is 9.82. The first kappa shape index (κ1) is 13.6. The highest BCUT2D eigenvalue weighted by molar-refractivity contribution is 6.02. The van der Waals surface area contributed by atoms with Crippen molar-refractivity contribution in [2.45, 2.75) is 32.1 Å². The van der Waals surface area contributed by atoms with E-state index >= 15 is 0 Å². The van der Waals surface area contributed by atoms with Gasteiger partial charge in [0, 0.05) is 11.8 Å². The molecule has 0 radical (unpaired) electrons. The highest BCUT2D eigenvalue weighted by Gasteiger charge is 2.42. The number of hydrogen-bond donors (Lipinski definition) is 3. The first-order chi connectivity index (χ1) is 10.1. The van der Waals surface area contributed by atoms with Crippen LogP contribution in [0.1, 0.15) is 32.1 Å². The van der Waals surface area contributed by atoms with Crippen molar-refractivity contribution in [3.8, 4) is 0 Å². The van der Waals surface area contributed by atoms with E-state index in [-0.39, 0.29) is 12.3 Å². The molecule has 110 valence electrons. The van der Waals surface area contributed by atoms with Crippen LogP contribution in [0.15, 0.2) is 24.4 Å². The fourth-order valence-electron chi connectivity index (χ4n) is 3.10. The lowest BCUT2D eigenvalue weighted by molar-refractivity contribution is -0.150. The number of nitrogens with zero attached hydrogens (tertiary/aromatic N) is 1. The number of aliphatic carboxylic acids is 1. The number of benzene rings is 1. The molecule has 0 atom stereocenters. The summed E-state index contributed by atoms with van der Waals surface area (Å²) in [6.45, 7) is 0. The van der Waals surface area contributed by atoms with Crippen molar-refractivity contribution in [1.29, 1.82) is 0 Å². The van der Waals surface area contributed by atoms with Crippen molar-refractivity contribution < 1.29 is 14.7 Å². The number of H-pyrrole nitrogens is 1. The Labute approximate surface area is 121 Å². The molecule has 1 heterocycles. The predicted octanol–water partition coefficient (Wildman–Crippen LogP) is 2.54. The zero-order valence-corrected chi connectivity index (χ0v) is 11.6. The van der Waals surface area contributed by atoms with E-state index in [4.69, 9.17) is 0 Å². The van der Waals surface area contributed by atoms with Crippen LogP contribution in [0.2, 0.25) is 0 Å². The minimum atomic E-state index is -0.894.